The highest BCUT2D eigenvalue weighted by molar-refractivity contribution is 6.30. The third kappa shape index (κ3) is 4.59. The lowest BCUT2D eigenvalue weighted by atomic mass is 10.2. The van der Waals surface area contributed by atoms with Gasteiger partial charge in [0.1, 0.15) is 5.75 Å². The maximum Gasteiger partial charge on any atom is 0.573 e. The third-order valence-corrected chi connectivity index (χ3v) is 1.71. The molecule has 0 aliphatic heterocycles. The Morgan fingerprint density at radius 2 is 1.93 bits per heavy atom. The van der Waals surface area contributed by atoms with E-state index in [4.69, 9.17) is 17.3 Å². The molecule has 86 valence electrons. The van der Waals surface area contributed by atoms with E-state index < -0.39 is 6.36 Å². The number of hydrogen-bond donors (Lipinski definition) is 1. The van der Waals surface area contributed by atoms with Gasteiger partial charge < -0.3 is 10.5 Å². The summed E-state index contributed by atoms with van der Waals surface area (Å²) in [6.45, 7) is -0.0391. The fourth-order valence-corrected chi connectivity index (χ4v) is 1.08. The van der Waals surface area contributed by atoms with Gasteiger partial charge in [-0.1, -0.05) is 17.7 Å². The molecular weight excluding hydrogens is 254 g/mol. The van der Waals surface area contributed by atoms with Gasteiger partial charge in [0.2, 0.25) is 0 Å². The molecule has 0 bridgehead atoms. The number of rotatable bonds is 2. The Morgan fingerprint density at radius 3 is 2.40 bits per heavy atom. The second-order valence-corrected chi connectivity index (χ2v) is 2.94. The summed E-state index contributed by atoms with van der Waals surface area (Å²) in [4.78, 5) is 0. The van der Waals surface area contributed by atoms with Crippen LogP contribution >= 0.6 is 24.0 Å². The van der Waals surface area contributed by atoms with Crippen LogP contribution in [0.15, 0.2) is 18.2 Å². The Bertz CT molecular complexity index is 330. The van der Waals surface area contributed by atoms with E-state index in [1.807, 2.05) is 0 Å². The molecule has 0 radical (unpaired) electrons. The Balaban J connectivity index is 0.00000196. The van der Waals surface area contributed by atoms with Crippen LogP contribution in [0.2, 0.25) is 5.02 Å². The van der Waals surface area contributed by atoms with E-state index in [9.17, 15) is 13.2 Å². The van der Waals surface area contributed by atoms with Crippen molar-refractivity contribution in [3.05, 3.63) is 28.8 Å². The molecule has 2 N–H and O–H groups in total. The van der Waals surface area contributed by atoms with E-state index in [1.165, 1.54) is 12.1 Å². The van der Waals surface area contributed by atoms with Gasteiger partial charge in [-0.05, 0) is 12.1 Å². The van der Waals surface area contributed by atoms with Crippen molar-refractivity contribution in [2.24, 2.45) is 5.73 Å². The number of alkyl halides is 3. The molecule has 0 saturated heterocycles. The standard InChI is InChI=1S/C8H7ClF3NO.ClH/c9-6-2-1-5(4-13)7(3-6)14-8(10,11)12;/h1-3H,4,13H2;1H. The van der Waals surface area contributed by atoms with Crippen LogP contribution in [0.3, 0.4) is 0 Å². The first-order valence-electron chi connectivity index (χ1n) is 3.66. The largest absolute Gasteiger partial charge is 0.573 e. The van der Waals surface area contributed by atoms with Crippen LogP contribution < -0.4 is 10.5 Å². The molecule has 0 atom stereocenters. The summed E-state index contributed by atoms with van der Waals surface area (Å²) in [6, 6.07) is 3.92. The van der Waals surface area contributed by atoms with E-state index >= 15 is 0 Å². The quantitative estimate of drug-likeness (QED) is 0.888. The molecule has 0 aromatic heterocycles. The third-order valence-electron chi connectivity index (χ3n) is 1.47. The van der Waals surface area contributed by atoms with Gasteiger partial charge >= 0.3 is 6.36 Å². The van der Waals surface area contributed by atoms with Gasteiger partial charge in [0.25, 0.3) is 0 Å². The Hall–Kier alpha value is -0.650. The number of hydrogen-bond acceptors (Lipinski definition) is 2. The molecule has 0 amide bonds. The number of ether oxygens (including phenoxy) is 1. The number of halogens is 5. The van der Waals surface area contributed by atoms with Crippen molar-refractivity contribution in [2.75, 3.05) is 0 Å². The first-order valence-corrected chi connectivity index (χ1v) is 4.04. The van der Waals surface area contributed by atoms with E-state index in [0.717, 1.165) is 6.07 Å². The number of nitrogens with two attached hydrogens (primary N) is 1. The fraction of sp³-hybridized carbons (Fsp3) is 0.250. The van der Waals surface area contributed by atoms with Crippen LogP contribution in [0.25, 0.3) is 0 Å². The van der Waals surface area contributed by atoms with Crippen LogP contribution in [0.1, 0.15) is 5.56 Å². The number of benzene rings is 1. The van der Waals surface area contributed by atoms with Gasteiger partial charge in [-0.15, -0.1) is 25.6 Å². The van der Waals surface area contributed by atoms with Gasteiger partial charge in [-0.2, -0.15) is 0 Å². The van der Waals surface area contributed by atoms with E-state index in [-0.39, 0.29) is 35.3 Å². The van der Waals surface area contributed by atoms with E-state index in [1.54, 1.807) is 0 Å². The molecule has 15 heavy (non-hydrogen) atoms. The summed E-state index contributed by atoms with van der Waals surface area (Å²) >= 11 is 5.51. The first-order chi connectivity index (χ1) is 6.42. The van der Waals surface area contributed by atoms with Crippen molar-refractivity contribution in [1.29, 1.82) is 0 Å². The van der Waals surface area contributed by atoms with Crippen molar-refractivity contribution >= 4 is 24.0 Å². The molecule has 0 fully saturated rings. The van der Waals surface area contributed by atoms with Gasteiger partial charge in [0, 0.05) is 17.1 Å². The maximum absolute atomic E-state index is 11.9. The maximum atomic E-state index is 11.9. The van der Waals surface area contributed by atoms with Crippen LogP contribution in [0.4, 0.5) is 13.2 Å². The van der Waals surface area contributed by atoms with Crippen LogP contribution in [-0.2, 0) is 6.54 Å². The monoisotopic (exact) mass is 261 g/mol. The second-order valence-electron chi connectivity index (χ2n) is 2.50. The topological polar surface area (TPSA) is 35.2 Å². The average Bonchev–Trinajstić information content (AvgIpc) is 2.01. The summed E-state index contributed by atoms with van der Waals surface area (Å²) in [5.74, 6) is -0.354. The van der Waals surface area contributed by atoms with E-state index in [2.05, 4.69) is 4.74 Å². The van der Waals surface area contributed by atoms with Crippen LogP contribution in [0.5, 0.6) is 5.75 Å². The molecule has 1 aromatic carbocycles. The molecule has 7 heteroatoms. The molecular formula is C8H8Cl2F3NO. The first kappa shape index (κ1) is 14.3. The molecule has 0 spiro atoms. The lowest BCUT2D eigenvalue weighted by Gasteiger charge is -2.12. The van der Waals surface area contributed by atoms with Crippen LogP contribution in [0, 0.1) is 0 Å². The van der Waals surface area contributed by atoms with Gasteiger partial charge in [0.05, 0.1) is 0 Å². The van der Waals surface area contributed by atoms with Crippen LogP contribution in [-0.4, -0.2) is 6.36 Å². The average molecular weight is 262 g/mol. The zero-order valence-electron chi connectivity index (χ0n) is 7.34. The van der Waals surface area contributed by atoms with Crippen molar-refractivity contribution in [2.45, 2.75) is 12.9 Å². The van der Waals surface area contributed by atoms with Crippen molar-refractivity contribution in [3.8, 4) is 5.75 Å². The molecule has 0 aliphatic carbocycles. The highest BCUT2D eigenvalue weighted by Crippen LogP contribution is 2.28. The Labute approximate surface area is 95.6 Å². The molecule has 0 unspecified atom stereocenters. The fourth-order valence-electron chi connectivity index (χ4n) is 0.917. The molecule has 0 aliphatic rings. The summed E-state index contributed by atoms with van der Waals surface area (Å²) in [6.07, 6.45) is -4.73. The van der Waals surface area contributed by atoms with Crippen molar-refractivity contribution in [1.82, 2.24) is 0 Å². The summed E-state index contributed by atoms with van der Waals surface area (Å²) in [5, 5.41) is 0.168. The SMILES string of the molecule is Cl.NCc1ccc(Cl)cc1OC(F)(F)F. The zero-order valence-corrected chi connectivity index (χ0v) is 8.92. The van der Waals surface area contributed by atoms with E-state index in [0.29, 0.717) is 0 Å². The zero-order chi connectivity index (χ0) is 10.8. The Morgan fingerprint density at radius 1 is 1.33 bits per heavy atom. The predicted molar refractivity (Wildman–Crippen MR) is 53.3 cm³/mol. The Kier molecular flexibility index (Phi) is 5.20. The predicted octanol–water partition coefficient (Wildman–Crippen LogP) is 3.12. The smallest absolute Gasteiger partial charge is 0.405 e. The lowest BCUT2D eigenvalue weighted by molar-refractivity contribution is -0.274. The van der Waals surface area contributed by atoms with Crippen molar-refractivity contribution < 1.29 is 17.9 Å². The van der Waals surface area contributed by atoms with Gasteiger partial charge in [-0.25, -0.2) is 0 Å². The summed E-state index contributed by atoms with van der Waals surface area (Å²) < 4.78 is 39.4. The summed E-state index contributed by atoms with van der Waals surface area (Å²) in [5.41, 5.74) is 5.49. The minimum Gasteiger partial charge on any atom is -0.405 e. The molecule has 1 rings (SSSR count). The second kappa shape index (κ2) is 5.44. The normalized spacial score (nSPS) is 10.7. The summed E-state index contributed by atoms with van der Waals surface area (Å²) in [7, 11) is 0. The molecule has 1 aromatic rings. The molecule has 0 heterocycles. The van der Waals surface area contributed by atoms with Gasteiger partial charge in [-0.3, -0.25) is 0 Å². The minimum atomic E-state index is -4.73. The minimum absolute atomic E-state index is 0. The highest BCUT2D eigenvalue weighted by Gasteiger charge is 2.32. The lowest BCUT2D eigenvalue weighted by Crippen LogP contribution is -2.18. The molecule has 2 nitrogen and oxygen atoms in total. The van der Waals surface area contributed by atoms with Crippen molar-refractivity contribution in [3.63, 3.8) is 0 Å². The van der Waals surface area contributed by atoms with Gasteiger partial charge in [0.15, 0.2) is 0 Å². The molecule has 0 saturated carbocycles. The highest BCUT2D eigenvalue weighted by atomic mass is 35.5.